The van der Waals surface area contributed by atoms with E-state index >= 15 is 0 Å². The predicted octanol–water partition coefficient (Wildman–Crippen LogP) is 0.791. The van der Waals surface area contributed by atoms with Crippen LogP contribution < -0.4 is 16.4 Å². The van der Waals surface area contributed by atoms with Crippen molar-refractivity contribution in [1.82, 2.24) is 20.4 Å². The number of hydrogen-bond acceptors (Lipinski definition) is 6. The van der Waals surface area contributed by atoms with Crippen molar-refractivity contribution in [2.24, 2.45) is 12.8 Å². The number of ketones is 1. The van der Waals surface area contributed by atoms with E-state index in [0.717, 1.165) is 0 Å². The number of nitrogens with one attached hydrogen (secondary N) is 2. The molecule has 0 spiro atoms. The number of aryl methyl sites for hydroxylation is 1. The normalized spacial score (nSPS) is 13.8. The Balaban J connectivity index is 2.94. The van der Waals surface area contributed by atoms with Crippen LogP contribution in [0.25, 0.3) is 0 Å². The smallest absolute Gasteiger partial charge is 0.407 e. The molecular weight excluding hydrogens is 310 g/mol. The van der Waals surface area contributed by atoms with Gasteiger partial charge in [-0.05, 0) is 33.8 Å². The zero-order valence-corrected chi connectivity index (χ0v) is 15.0. The fourth-order valence-electron chi connectivity index (χ4n) is 2.08. The molecule has 1 aromatic heterocycles. The standard InChI is InChI=1S/C16H27N5O3/c1-11(22)9-18-12(2)16(17,13-7-8-20-21(13)6)10-19-14(23)24-15(3,4)5/h7-8,18H,2,9-10,17H2,1,3-6H3,(H,19,23). The number of nitrogens with zero attached hydrogens (tertiary/aromatic N) is 2. The van der Waals surface area contributed by atoms with Crippen LogP contribution in [-0.2, 0) is 22.1 Å². The maximum absolute atomic E-state index is 11.9. The van der Waals surface area contributed by atoms with Crippen LogP contribution in [0.3, 0.4) is 0 Å². The zero-order chi connectivity index (χ0) is 18.5. The maximum atomic E-state index is 11.9. The van der Waals surface area contributed by atoms with Crippen molar-refractivity contribution < 1.29 is 14.3 Å². The molecule has 0 aliphatic rings. The highest BCUT2D eigenvalue weighted by Gasteiger charge is 2.35. The fraction of sp³-hybridized carbons (Fsp3) is 0.562. The van der Waals surface area contributed by atoms with Crippen LogP contribution in [0.15, 0.2) is 24.5 Å². The van der Waals surface area contributed by atoms with Gasteiger partial charge in [-0.15, -0.1) is 0 Å². The number of ether oxygens (including phenoxy) is 1. The van der Waals surface area contributed by atoms with Gasteiger partial charge in [0.25, 0.3) is 0 Å². The number of aromatic nitrogens is 2. The Hall–Kier alpha value is -2.35. The Bertz CT molecular complexity index is 617. The minimum Gasteiger partial charge on any atom is -0.444 e. The molecule has 1 unspecified atom stereocenters. The summed E-state index contributed by atoms with van der Waals surface area (Å²) in [6.07, 6.45) is 1.02. The minimum absolute atomic E-state index is 0.0329. The monoisotopic (exact) mass is 337 g/mol. The highest BCUT2D eigenvalue weighted by atomic mass is 16.6. The molecule has 0 fully saturated rings. The highest BCUT2D eigenvalue weighted by molar-refractivity contribution is 5.77. The van der Waals surface area contributed by atoms with E-state index in [2.05, 4.69) is 22.3 Å². The molecule has 0 aliphatic heterocycles. The average molecular weight is 337 g/mol. The summed E-state index contributed by atoms with van der Waals surface area (Å²) in [6.45, 7) is 10.8. The van der Waals surface area contributed by atoms with E-state index in [0.29, 0.717) is 11.4 Å². The quantitative estimate of drug-likeness (QED) is 0.678. The lowest BCUT2D eigenvalue weighted by atomic mass is 9.92. The number of Topliss-reactive ketones (excluding diaryl/α,β-unsaturated/α-hetero) is 1. The van der Waals surface area contributed by atoms with Crippen LogP contribution in [0.2, 0.25) is 0 Å². The molecule has 24 heavy (non-hydrogen) atoms. The molecule has 1 atom stereocenters. The van der Waals surface area contributed by atoms with Crippen molar-refractivity contribution in [3.63, 3.8) is 0 Å². The molecule has 0 aromatic carbocycles. The maximum Gasteiger partial charge on any atom is 0.407 e. The summed E-state index contributed by atoms with van der Waals surface area (Å²) >= 11 is 0. The van der Waals surface area contributed by atoms with Gasteiger partial charge in [-0.1, -0.05) is 6.58 Å². The lowest BCUT2D eigenvalue weighted by Crippen LogP contribution is -2.53. The summed E-state index contributed by atoms with van der Waals surface area (Å²) < 4.78 is 6.82. The predicted molar refractivity (Wildman–Crippen MR) is 91.1 cm³/mol. The Morgan fingerprint density at radius 3 is 2.46 bits per heavy atom. The van der Waals surface area contributed by atoms with Gasteiger partial charge in [0.1, 0.15) is 16.9 Å². The van der Waals surface area contributed by atoms with Crippen LogP contribution in [0.1, 0.15) is 33.4 Å². The Labute approximate surface area is 142 Å². The van der Waals surface area contributed by atoms with Crippen LogP contribution in [0.4, 0.5) is 4.79 Å². The Kier molecular flexibility index (Phi) is 6.14. The summed E-state index contributed by atoms with van der Waals surface area (Å²) in [7, 11) is 1.74. The first-order chi connectivity index (χ1) is 11.0. The number of amides is 1. The second kappa shape index (κ2) is 7.48. The summed E-state index contributed by atoms with van der Waals surface area (Å²) in [5.41, 5.74) is 5.77. The molecule has 0 saturated heterocycles. The summed E-state index contributed by atoms with van der Waals surface area (Å²) in [4.78, 5) is 23.1. The lowest BCUT2D eigenvalue weighted by molar-refractivity contribution is -0.116. The van der Waals surface area contributed by atoms with Gasteiger partial charge in [0.2, 0.25) is 0 Å². The molecule has 1 heterocycles. The summed E-state index contributed by atoms with van der Waals surface area (Å²) in [5.74, 6) is -0.0522. The fourth-order valence-corrected chi connectivity index (χ4v) is 2.08. The van der Waals surface area contributed by atoms with Crippen LogP contribution >= 0.6 is 0 Å². The first-order valence-corrected chi connectivity index (χ1v) is 7.62. The second-order valence-corrected chi connectivity index (χ2v) is 6.70. The Morgan fingerprint density at radius 2 is 2.00 bits per heavy atom. The molecule has 1 aromatic rings. The van der Waals surface area contributed by atoms with E-state index in [4.69, 9.17) is 10.5 Å². The molecule has 8 nitrogen and oxygen atoms in total. The van der Waals surface area contributed by atoms with E-state index < -0.39 is 17.2 Å². The van der Waals surface area contributed by atoms with E-state index in [-0.39, 0.29) is 18.9 Å². The number of nitrogens with two attached hydrogens (primary N) is 1. The van der Waals surface area contributed by atoms with Crippen LogP contribution in [0, 0.1) is 0 Å². The van der Waals surface area contributed by atoms with Crippen LogP contribution in [-0.4, -0.2) is 40.3 Å². The third-order valence-electron chi connectivity index (χ3n) is 3.28. The molecule has 1 rings (SSSR count). The minimum atomic E-state index is -1.16. The van der Waals surface area contributed by atoms with Crippen molar-refractivity contribution in [3.05, 3.63) is 30.2 Å². The molecule has 8 heteroatoms. The molecule has 134 valence electrons. The summed E-state index contributed by atoms with van der Waals surface area (Å²) in [6, 6.07) is 1.73. The second-order valence-electron chi connectivity index (χ2n) is 6.70. The third-order valence-corrected chi connectivity index (χ3v) is 3.28. The van der Waals surface area contributed by atoms with Crippen molar-refractivity contribution in [2.45, 2.75) is 38.8 Å². The van der Waals surface area contributed by atoms with Gasteiger partial charge in [-0.3, -0.25) is 9.48 Å². The summed E-state index contributed by atoms with van der Waals surface area (Å²) in [5, 5.41) is 9.66. The molecule has 0 aliphatic carbocycles. The van der Waals surface area contributed by atoms with Gasteiger partial charge in [0.05, 0.1) is 18.8 Å². The Morgan fingerprint density at radius 1 is 1.38 bits per heavy atom. The highest BCUT2D eigenvalue weighted by Crippen LogP contribution is 2.23. The molecule has 0 bridgehead atoms. The van der Waals surface area contributed by atoms with E-state index in [1.54, 1.807) is 44.8 Å². The number of hydrogen-bond donors (Lipinski definition) is 3. The topological polar surface area (TPSA) is 111 Å². The number of rotatable bonds is 7. The van der Waals surface area contributed by atoms with E-state index in [9.17, 15) is 9.59 Å². The molecular formula is C16H27N5O3. The average Bonchev–Trinajstić information content (AvgIpc) is 2.87. The lowest BCUT2D eigenvalue weighted by Gasteiger charge is -2.32. The molecule has 0 saturated carbocycles. The number of carbonyl (C=O) groups excluding carboxylic acids is 2. The van der Waals surface area contributed by atoms with Gasteiger partial charge in [0.15, 0.2) is 0 Å². The van der Waals surface area contributed by atoms with Gasteiger partial charge in [0, 0.05) is 18.9 Å². The largest absolute Gasteiger partial charge is 0.444 e. The first-order valence-electron chi connectivity index (χ1n) is 7.62. The first kappa shape index (κ1) is 19.7. The SMILES string of the molecule is C=C(NCC(C)=O)C(N)(CNC(=O)OC(C)(C)C)c1ccnn1C. The van der Waals surface area contributed by atoms with E-state index in [1.165, 1.54) is 6.92 Å². The molecule has 0 radical (unpaired) electrons. The van der Waals surface area contributed by atoms with Gasteiger partial charge in [-0.25, -0.2) is 4.79 Å². The van der Waals surface area contributed by atoms with Crippen molar-refractivity contribution in [3.8, 4) is 0 Å². The van der Waals surface area contributed by atoms with Crippen molar-refractivity contribution in [1.29, 1.82) is 0 Å². The molecule has 4 N–H and O–H groups in total. The van der Waals surface area contributed by atoms with Crippen molar-refractivity contribution >= 4 is 11.9 Å². The van der Waals surface area contributed by atoms with E-state index in [1.807, 2.05) is 0 Å². The zero-order valence-electron chi connectivity index (χ0n) is 15.0. The van der Waals surface area contributed by atoms with Gasteiger partial charge in [-0.2, -0.15) is 5.10 Å². The van der Waals surface area contributed by atoms with Crippen LogP contribution in [0.5, 0.6) is 0 Å². The van der Waals surface area contributed by atoms with Crippen molar-refractivity contribution in [2.75, 3.05) is 13.1 Å². The third kappa shape index (κ3) is 5.38. The van der Waals surface area contributed by atoms with Gasteiger partial charge < -0.3 is 21.1 Å². The van der Waals surface area contributed by atoms with Gasteiger partial charge >= 0.3 is 6.09 Å². The number of carbonyl (C=O) groups is 2. The molecule has 1 amide bonds. The number of alkyl carbamates (subject to hydrolysis) is 1.